The molecule has 0 saturated heterocycles. The van der Waals surface area contributed by atoms with Crippen LogP contribution in [-0.4, -0.2) is 21.0 Å². The normalized spacial score (nSPS) is 12.2. The molecule has 0 amide bonds. The predicted molar refractivity (Wildman–Crippen MR) is 80.6 cm³/mol. The Labute approximate surface area is 117 Å². The van der Waals surface area contributed by atoms with Crippen LogP contribution in [-0.2, 0) is 6.42 Å². The topological polar surface area (TPSA) is 50.7 Å². The number of hydrogen-bond donors (Lipinski definition) is 1. The molecule has 20 heavy (non-hydrogen) atoms. The van der Waals surface area contributed by atoms with Gasteiger partial charge in [0, 0.05) is 18.4 Å². The highest BCUT2D eigenvalue weighted by molar-refractivity contribution is 5.71. The summed E-state index contributed by atoms with van der Waals surface area (Å²) in [5.41, 5.74) is 2.80. The Hall–Kier alpha value is -2.49. The van der Waals surface area contributed by atoms with E-state index < -0.39 is 0 Å². The third-order valence-electron chi connectivity index (χ3n) is 3.11. The van der Waals surface area contributed by atoms with Crippen molar-refractivity contribution in [2.75, 3.05) is 5.32 Å². The second-order valence-corrected chi connectivity index (χ2v) is 4.83. The molecule has 1 atom stereocenters. The van der Waals surface area contributed by atoms with Crippen LogP contribution in [0.1, 0.15) is 12.5 Å². The van der Waals surface area contributed by atoms with Crippen molar-refractivity contribution >= 4 is 17.0 Å². The van der Waals surface area contributed by atoms with Crippen LogP contribution in [0.2, 0.25) is 0 Å². The Morgan fingerprint density at radius 2 is 1.80 bits per heavy atom. The summed E-state index contributed by atoms with van der Waals surface area (Å²) in [4.78, 5) is 12.9. The molecule has 0 bridgehead atoms. The molecule has 3 rings (SSSR count). The van der Waals surface area contributed by atoms with Crippen molar-refractivity contribution in [1.29, 1.82) is 0 Å². The fraction of sp³-hybridized carbons (Fsp3) is 0.188. The third kappa shape index (κ3) is 2.91. The summed E-state index contributed by atoms with van der Waals surface area (Å²) in [6.45, 7) is 2.15. The van der Waals surface area contributed by atoms with E-state index in [2.05, 4.69) is 51.5 Å². The summed E-state index contributed by atoms with van der Waals surface area (Å²) in [6, 6.07) is 14.6. The third-order valence-corrected chi connectivity index (χ3v) is 3.11. The molecule has 0 aliphatic carbocycles. The monoisotopic (exact) mass is 264 g/mol. The lowest BCUT2D eigenvalue weighted by atomic mass is 10.1. The molecule has 1 N–H and O–H groups in total. The van der Waals surface area contributed by atoms with Gasteiger partial charge in [-0.25, -0.2) is 9.97 Å². The van der Waals surface area contributed by atoms with E-state index in [1.165, 1.54) is 5.56 Å². The molecule has 0 radical (unpaired) electrons. The number of benzene rings is 1. The molecule has 3 aromatic rings. The van der Waals surface area contributed by atoms with Gasteiger partial charge in [0.2, 0.25) is 0 Å². The van der Waals surface area contributed by atoms with Crippen molar-refractivity contribution in [2.45, 2.75) is 19.4 Å². The van der Waals surface area contributed by atoms with Gasteiger partial charge < -0.3 is 5.32 Å². The second-order valence-electron chi connectivity index (χ2n) is 4.83. The number of hydrogen-bond acceptors (Lipinski definition) is 4. The fourth-order valence-corrected chi connectivity index (χ4v) is 2.21. The number of aromatic nitrogens is 3. The number of fused-ring (bicyclic) bond motifs is 1. The van der Waals surface area contributed by atoms with Crippen molar-refractivity contribution in [2.24, 2.45) is 0 Å². The average molecular weight is 264 g/mol. The lowest BCUT2D eigenvalue weighted by Gasteiger charge is -2.14. The number of rotatable bonds is 4. The molecule has 100 valence electrons. The molecule has 1 unspecified atom stereocenters. The van der Waals surface area contributed by atoms with E-state index in [1.54, 1.807) is 12.4 Å². The molecule has 0 saturated carbocycles. The highest BCUT2D eigenvalue weighted by Gasteiger charge is 2.05. The van der Waals surface area contributed by atoms with E-state index in [9.17, 15) is 0 Å². The Balaban J connectivity index is 1.72. The smallest absolute Gasteiger partial charge is 0.180 e. The molecule has 0 aliphatic heterocycles. The lowest BCUT2D eigenvalue weighted by molar-refractivity contribution is 0.785. The average Bonchev–Trinajstić information content (AvgIpc) is 2.48. The molecule has 2 aromatic heterocycles. The van der Waals surface area contributed by atoms with E-state index in [4.69, 9.17) is 0 Å². The molecular formula is C16H16N4. The summed E-state index contributed by atoms with van der Waals surface area (Å²) in [7, 11) is 0. The van der Waals surface area contributed by atoms with E-state index in [1.807, 2.05) is 18.2 Å². The van der Waals surface area contributed by atoms with Crippen LogP contribution in [0.4, 0.5) is 5.82 Å². The minimum atomic E-state index is 0.305. The van der Waals surface area contributed by atoms with Gasteiger partial charge in [0.15, 0.2) is 5.65 Å². The highest BCUT2D eigenvalue weighted by atomic mass is 15.0. The molecule has 4 heteroatoms. The quantitative estimate of drug-likeness (QED) is 0.786. The van der Waals surface area contributed by atoms with Crippen molar-refractivity contribution in [1.82, 2.24) is 15.0 Å². The molecule has 0 aliphatic rings. The van der Waals surface area contributed by atoms with Gasteiger partial charge in [0.05, 0.1) is 0 Å². The number of anilines is 1. The van der Waals surface area contributed by atoms with Crippen molar-refractivity contribution in [3.8, 4) is 0 Å². The molecule has 4 nitrogen and oxygen atoms in total. The standard InChI is InChI=1S/C16H16N4/c1-12(11-13-5-3-2-4-6-13)19-15-8-7-14-16(20-15)18-10-9-17-14/h2-10,12H,11H2,1H3,(H,18,19,20). The zero-order valence-corrected chi connectivity index (χ0v) is 11.3. The van der Waals surface area contributed by atoms with Crippen LogP contribution in [0.15, 0.2) is 54.9 Å². The first-order valence-electron chi connectivity index (χ1n) is 6.69. The Bertz CT molecular complexity index is 697. The molecule has 0 spiro atoms. The van der Waals surface area contributed by atoms with Gasteiger partial charge in [-0.15, -0.1) is 0 Å². The largest absolute Gasteiger partial charge is 0.367 e. The van der Waals surface area contributed by atoms with Gasteiger partial charge in [0.1, 0.15) is 11.3 Å². The summed E-state index contributed by atoms with van der Waals surface area (Å²) in [6.07, 6.45) is 4.29. The van der Waals surface area contributed by atoms with Gasteiger partial charge in [-0.05, 0) is 31.0 Å². The van der Waals surface area contributed by atoms with Gasteiger partial charge in [-0.1, -0.05) is 30.3 Å². The first-order chi connectivity index (χ1) is 9.81. The predicted octanol–water partition coefficient (Wildman–Crippen LogP) is 3.07. The van der Waals surface area contributed by atoms with E-state index in [0.717, 1.165) is 17.8 Å². The van der Waals surface area contributed by atoms with Crippen LogP contribution in [0.25, 0.3) is 11.2 Å². The van der Waals surface area contributed by atoms with Crippen molar-refractivity contribution in [3.05, 3.63) is 60.4 Å². The molecule has 0 fully saturated rings. The van der Waals surface area contributed by atoms with E-state index >= 15 is 0 Å². The number of nitrogens with zero attached hydrogens (tertiary/aromatic N) is 3. The summed E-state index contributed by atoms with van der Waals surface area (Å²) in [5.74, 6) is 0.835. The Kier molecular flexibility index (Phi) is 3.54. The van der Waals surface area contributed by atoms with Crippen molar-refractivity contribution < 1.29 is 0 Å². The van der Waals surface area contributed by atoms with E-state index in [0.29, 0.717) is 11.7 Å². The molecule has 1 aromatic carbocycles. The summed E-state index contributed by atoms with van der Waals surface area (Å²) < 4.78 is 0. The maximum Gasteiger partial charge on any atom is 0.180 e. The van der Waals surface area contributed by atoms with Crippen molar-refractivity contribution in [3.63, 3.8) is 0 Å². The highest BCUT2D eigenvalue weighted by Crippen LogP contribution is 2.12. The molecular weight excluding hydrogens is 248 g/mol. The van der Waals surface area contributed by atoms with Gasteiger partial charge >= 0.3 is 0 Å². The SMILES string of the molecule is CC(Cc1ccccc1)Nc1ccc2nccnc2n1. The zero-order chi connectivity index (χ0) is 13.8. The van der Waals surface area contributed by atoms with Crippen LogP contribution in [0.5, 0.6) is 0 Å². The van der Waals surface area contributed by atoms with Crippen LogP contribution in [0.3, 0.4) is 0 Å². The lowest BCUT2D eigenvalue weighted by Crippen LogP contribution is -2.18. The van der Waals surface area contributed by atoms with Crippen LogP contribution >= 0.6 is 0 Å². The summed E-state index contributed by atoms with van der Waals surface area (Å²) >= 11 is 0. The van der Waals surface area contributed by atoms with E-state index in [-0.39, 0.29) is 0 Å². The minimum absolute atomic E-state index is 0.305. The fourth-order valence-electron chi connectivity index (χ4n) is 2.21. The maximum atomic E-state index is 4.47. The first kappa shape index (κ1) is 12.5. The Morgan fingerprint density at radius 3 is 2.65 bits per heavy atom. The Morgan fingerprint density at radius 1 is 1.00 bits per heavy atom. The minimum Gasteiger partial charge on any atom is -0.367 e. The molecule has 2 heterocycles. The first-order valence-corrected chi connectivity index (χ1v) is 6.69. The second kappa shape index (κ2) is 5.65. The number of nitrogens with one attached hydrogen (secondary N) is 1. The summed E-state index contributed by atoms with van der Waals surface area (Å²) in [5, 5.41) is 3.40. The van der Waals surface area contributed by atoms with Gasteiger partial charge in [-0.3, -0.25) is 4.98 Å². The van der Waals surface area contributed by atoms with Crippen LogP contribution in [0, 0.1) is 0 Å². The van der Waals surface area contributed by atoms with Gasteiger partial charge in [-0.2, -0.15) is 0 Å². The zero-order valence-electron chi connectivity index (χ0n) is 11.3. The maximum absolute atomic E-state index is 4.47. The number of pyridine rings is 1. The van der Waals surface area contributed by atoms with Gasteiger partial charge in [0.25, 0.3) is 0 Å². The van der Waals surface area contributed by atoms with Crippen LogP contribution < -0.4 is 5.32 Å².